The van der Waals surface area contributed by atoms with Crippen LogP contribution in [0.3, 0.4) is 0 Å². The van der Waals surface area contributed by atoms with E-state index in [2.05, 4.69) is 47.5 Å². The second-order valence-electron chi connectivity index (χ2n) is 12.3. The summed E-state index contributed by atoms with van der Waals surface area (Å²) in [6.07, 6.45) is 9.06. The smallest absolute Gasteiger partial charge is 0.171 e. The predicted molar refractivity (Wildman–Crippen MR) is 135 cm³/mol. The Balaban J connectivity index is 1.29. The molecule has 1 aromatic carbocycles. The van der Waals surface area contributed by atoms with Crippen molar-refractivity contribution in [2.24, 2.45) is 11.3 Å². The summed E-state index contributed by atoms with van der Waals surface area (Å²) < 4.78 is 23.9. The van der Waals surface area contributed by atoms with Crippen LogP contribution in [0.25, 0.3) is 16.3 Å². The van der Waals surface area contributed by atoms with Crippen LogP contribution in [0, 0.1) is 11.3 Å². The molecule has 2 N–H and O–H groups in total. The molecule has 1 aromatic heterocycles. The average molecular weight is 492 g/mol. The van der Waals surface area contributed by atoms with Gasteiger partial charge in [0.1, 0.15) is 11.7 Å². The number of benzene rings is 1. The first-order valence-corrected chi connectivity index (χ1v) is 13.2. The Kier molecular flexibility index (Phi) is 4.61. The Morgan fingerprint density at radius 2 is 1.86 bits per heavy atom. The van der Waals surface area contributed by atoms with E-state index in [4.69, 9.17) is 4.74 Å². The van der Waals surface area contributed by atoms with Crippen molar-refractivity contribution in [3.8, 4) is 0 Å². The van der Waals surface area contributed by atoms with Gasteiger partial charge in [0.25, 0.3) is 0 Å². The number of aliphatic hydroxyl groups excluding tert-OH is 2. The molecule has 2 spiro atoms. The molecule has 1 saturated carbocycles. The Hall–Kier alpha value is -2.19. The number of allylic oxidation sites excluding steroid dienone is 3. The van der Waals surface area contributed by atoms with Gasteiger partial charge in [-0.05, 0) is 69.0 Å². The summed E-state index contributed by atoms with van der Waals surface area (Å²) in [5.41, 5.74) is -0.217. The highest BCUT2D eigenvalue weighted by Crippen LogP contribution is 2.70. The van der Waals surface area contributed by atoms with Gasteiger partial charge in [-0.25, -0.2) is 4.39 Å². The molecule has 3 aliphatic carbocycles. The van der Waals surface area contributed by atoms with E-state index in [1.807, 2.05) is 25.2 Å². The van der Waals surface area contributed by atoms with Crippen molar-refractivity contribution in [2.45, 2.75) is 80.6 Å². The second-order valence-corrected chi connectivity index (χ2v) is 12.3. The molecule has 190 valence electrons. The summed E-state index contributed by atoms with van der Waals surface area (Å²) in [5, 5.41) is 32.1. The number of ether oxygens (including phenoxy) is 1. The van der Waals surface area contributed by atoms with Crippen molar-refractivity contribution in [3.63, 3.8) is 0 Å². The zero-order valence-corrected chi connectivity index (χ0v) is 21.1. The zero-order valence-electron chi connectivity index (χ0n) is 21.1. The number of fused-ring (bicyclic) bond motifs is 2. The number of alkyl halides is 1. The summed E-state index contributed by atoms with van der Waals surface area (Å²) >= 11 is 0. The van der Waals surface area contributed by atoms with E-state index in [1.165, 1.54) is 11.1 Å². The van der Waals surface area contributed by atoms with Gasteiger partial charge >= 0.3 is 0 Å². The largest absolute Gasteiger partial charge is 0.389 e. The summed E-state index contributed by atoms with van der Waals surface area (Å²) in [5.74, 6) is 0.206. The van der Waals surface area contributed by atoms with Gasteiger partial charge in [-0.2, -0.15) is 10.2 Å². The normalized spacial score (nSPS) is 45.2. The third-order valence-electron chi connectivity index (χ3n) is 10.6. The minimum Gasteiger partial charge on any atom is -0.389 e. The first kappa shape index (κ1) is 23.0. The van der Waals surface area contributed by atoms with Gasteiger partial charge in [0.2, 0.25) is 0 Å². The Bertz CT molecular complexity index is 1330. The summed E-state index contributed by atoms with van der Waals surface area (Å²) in [7, 11) is 3.75. The summed E-state index contributed by atoms with van der Waals surface area (Å²) in [6, 6.07) is 6.13. The van der Waals surface area contributed by atoms with Crippen molar-refractivity contribution >= 4 is 16.3 Å². The number of rotatable bonds is 2. The van der Waals surface area contributed by atoms with Crippen LogP contribution in [0.2, 0.25) is 0 Å². The van der Waals surface area contributed by atoms with Gasteiger partial charge < -0.3 is 19.8 Å². The number of halogens is 1. The fourth-order valence-corrected chi connectivity index (χ4v) is 8.59. The van der Waals surface area contributed by atoms with Crippen molar-refractivity contribution in [1.82, 2.24) is 15.1 Å². The molecule has 5 aliphatic rings. The van der Waals surface area contributed by atoms with E-state index in [-0.39, 0.29) is 23.8 Å². The van der Waals surface area contributed by atoms with Crippen LogP contribution in [0.15, 0.2) is 48.3 Å². The number of aliphatic hydroxyl groups is 2. The maximum atomic E-state index is 16.9. The molecule has 6 nitrogen and oxygen atoms in total. The zero-order chi connectivity index (χ0) is 25.1. The number of nitrogens with zero attached hydrogens (tertiary/aromatic N) is 3. The molecule has 7 heteroatoms. The van der Waals surface area contributed by atoms with Crippen molar-refractivity contribution in [2.75, 3.05) is 14.1 Å². The molecule has 36 heavy (non-hydrogen) atoms. The van der Waals surface area contributed by atoms with Gasteiger partial charge in [-0.3, -0.25) is 0 Å². The molecular weight excluding hydrogens is 457 g/mol. The number of hydrogen-bond acceptors (Lipinski definition) is 6. The third kappa shape index (κ3) is 2.65. The summed E-state index contributed by atoms with van der Waals surface area (Å²) in [6.45, 7) is 2.33. The number of likely N-dealkylation sites (N-methyl/N-ethyl adjacent to an activating group) is 1. The Morgan fingerprint density at radius 1 is 1.08 bits per heavy atom. The van der Waals surface area contributed by atoms with E-state index in [0.717, 1.165) is 35.6 Å². The lowest BCUT2D eigenvalue weighted by Crippen LogP contribution is -2.73. The van der Waals surface area contributed by atoms with Crippen LogP contribution in [-0.2, 0) is 4.74 Å². The molecule has 0 amide bonds. The van der Waals surface area contributed by atoms with Crippen LogP contribution < -0.4 is 0 Å². The highest BCUT2D eigenvalue weighted by Gasteiger charge is 2.76. The fourth-order valence-electron chi connectivity index (χ4n) is 8.59. The quantitative estimate of drug-likeness (QED) is 0.622. The standard InChI is InChI=1S/C29H34FN3O3/c1-26-9-8-20-13-29(30)25(35)24(34)22(33(2)3)14-27(29)10-11-28(20,36-27)23(26)7-6-21(26)17-4-5-18-15-31-32-16-19(18)12-17/h4-6,8,12,15-16,22-25,34-35H,7,9-11,13-14H2,1-3H3. The third-order valence-corrected chi connectivity index (χ3v) is 10.6. The van der Waals surface area contributed by atoms with Crippen LogP contribution in [0.1, 0.15) is 51.0 Å². The molecular formula is C29H34FN3O3. The molecule has 3 fully saturated rings. The van der Waals surface area contributed by atoms with Crippen LogP contribution in [0.4, 0.5) is 4.39 Å². The fraction of sp³-hybridized carbons (Fsp3) is 0.586. The van der Waals surface area contributed by atoms with Gasteiger partial charge in [-0.1, -0.05) is 31.2 Å². The van der Waals surface area contributed by atoms with E-state index in [9.17, 15) is 10.2 Å². The number of hydrogen-bond donors (Lipinski definition) is 2. The molecule has 8 atom stereocenters. The minimum atomic E-state index is -1.98. The molecule has 2 saturated heterocycles. The maximum Gasteiger partial charge on any atom is 0.171 e. The highest BCUT2D eigenvalue weighted by molar-refractivity contribution is 5.86. The van der Waals surface area contributed by atoms with E-state index >= 15 is 4.39 Å². The predicted octanol–water partition coefficient (Wildman–Crippen LogP) is 3.83. The molecule has 8 unspecified atom stereocenters. The summed E-state index contributed by atoms with van der Waals surface area (Å²) in [4.78, 5) is 1.90. The monoisotopic (exact) mass is 491 g/mol. The van der Waals surface area contributed by atoms with E-state index in [0.29, 0.717) is 12.8 Å². The van der Waals surface area contributed by atoms with Crippen LogP contribution in [-0.4, -0.2) is 74.5 Å². The first-order valence-electron chi connectivity index (χ1n) is 13.2. The molecule has 2 bridgehead atoms. The SMILES string of the molecule is CN(C)C1CC23CCC4(O2)C(=CCC2(C)C(c5ccc6cnncc6c5)=CCC24)CC3(F)C(O)C1O. The number of aromatic nitrogens is 2. The molecule has 7 rings (SSSR count). The Morgan fingerprint density at radius 3 is 2.64 bits per heavy atom. The molecule has 0 radical (unpaired) electrons. The Labute approximate surface area is 210 Å². The highest BCUT2D eigenvalue weighted by atomic mass is 19.1. The topological polar surface area (TPSA) is 78.7 Å². The van der Waals surface area contributed by atoms with Gasteiger partial charge in [0.05, 0.1) is 24.1 Å². The lowest BCUT2D eigenvalue weighted by atomic mass is 9.56. The average Bonchev–Trinajstić information content (AvgIpc) is 3.40. The van der Waals surface area contributed by atoms with E-state index < -0.39 is 29.1 Å². The molecule has 2 aromatic rings. The van der Waals surface area contributed by atoms with Gasteiger partial charge in [0.15, 0.2) is 5.67 Å². The van der Waals surface area contributed by atoms with Crippen molar-refractivity contribution < 1.29 is 19.3 Å². The maximum absolute atomic E-state index is 16.9. The first-order chi connectivity index (χ1) is 17.1. The van der Waals surface area contributed by atoms with Crippen molar-refractivity contribution in [1.29, 1.82) is 0 Å². The lowest BCUT2D eigenvalue weighted by Gasteiger charge is -2.61. The lowest BCUT2D eigenvalue weighted by molar-refractivity contribution is -0.282. The van der Waals surface area contributed by atoms with Crippen LogP contribution in [0.5, 0.6) is 0 Å². The van der Waals surface area contributed by atoms with Gasteiger partial charge in [0, 0.05) is 34.6 Å². The van der Waals surface area contributed by atoms with Crippen LogP contribution >= 0.6 is 0 Å². The van der Waals surface area contributed by atoms with Crippen molar-refractivity contribution in [3.05, 3.63) is 53.9 Å². The molecule has 3 heterocycles. The molecule has 2 aliphatic heterocycles. The second kappa shape index (κ2) is 7.22. The minimum absolute atomic E-state index is 0.132. The van der Waals surface area contributed by atoms with E-state index in [1.54, 1.807) is 6.20 Å². The van der Waals surface area contributed by atoms with Gasteiger partial charge in [-0.15, -0.1) is 0 Å².